The number of nitrogens with one attached hydrogen (secondary N) is 1. The van der Waals surface area contributed by atoms with E-state index in [9.17, 15) is 9.59 Å². The van der Waals surface area contributed by atoms with E-state index < -0.39 is 5.41 Å². The van der Waals surface area contributed by atoms with E-state index in [0.717, 1.165) is 18.4 Å². The molecular weight excluding hydrogens is 420 g/mol. The van der Waals surface area contributed by atoms with Gasteiger partial charge in [-0.15, -0.1) is 11.3 Å². The van der Waals surface area contributed by atoms with E-state index in [-0.39, 0.29) is 11.8 Å². The Kier molecular flexibility index (Phi) is 6.37. The van der Waals surface area contributed by atoms with E-state index in [1.807, 2.05) is 19.9 Å². The number of piperidine rings is 1. The fourth-order valence-electron chi connectivity index (χ4n) is 4.56. The molecule has 1 atom stereocenters. The number of thiophene rings is 1. The Balaban J connectivity index is 1.58. The summed E-state index contributed by atoms with van der Waals surface area (Å²) < 4.78 is 0. The number of amides is 2. The number of hydrogen-bond donors (Lipinski definition) is 1. The summed E-state index contributed by atoms with van der Waals surface area (Å²) in [7, 11) is 1.67. The highest BCUT2D eigenvalue weighted by Crippen LogP contribution is 2.35. The zero-order valence-electron chi connectivity index (χ0n) is 18.7. The first-order valence-electron chi connectivity index (χ1n) is 10.9. The van der Waals surface area contributed by atoms with Crippen molar-refractivity contribution in [3.05, 3.63) is 70.6 Å². The summed E-state index contributed by atoms with van der Waals surface area (Å²) in [5.74, 6) is 0.515. The van der Waals surface area contributed by atoms with Crippen molar-refractivity contribution in [2.75, 3.05) is 20.1 Å². The van der Waals surface area contributed by atoms with Gasteiger partial charge < -0.3 is 10.2 Å². The Morgan fingerprint density at radius 3 is 2.62 bits per heavy atom. The minimum Gasteiger partial charge on any atom is -0.359 e. The van der Waals surface area contributed by atoms with Gasteiger partial charge in [0.15, 0.2) is 0 Å². The molecule has 1 aliphatic rings. The number of rotatable bonds is 5. The Bertz CT molecular complexity index is 1110. The molecule has 2 aromatic heterocycles. The van der Waals surface area contributed by atoms with Gasteiger partial charge in [0.25, 0.3) is 5.91 Å². The second-order valence-corrected chi connectivity index (χ2v) is 9.40. The van der Waals surface area contributed by atoms with Crippen LogP contribution >= 0.6 is 11.3 Å². The van der Waals surface area contributed by atoms with Crippen molar-refractivity contribution < 1.29 is 9.59 Å². The molecule has 1 aromatic carbocycles. The fourth-order valence-corrected chi connectivity index (χ4v) is 5.30. The number of benzene rings is 1. The third-order valence-corrected chi connectivity index (χ3v) is 7.12. The lowest BCUT2D eigenvalue weighted by Gasteiger charge is -2.41. The van der Waals surface area contributed by atoms with Crippen molar-refractivity contribution in [2.45, 2.75) is 33.1 Å². The second-order valence-electron chi connectivity index (χ2n) is 8.46. The van der Waals surface area contributed by atoms with Crippen molar-refractivity contribution in [2.24, 2.45) is 5.41 Å². The van der Waals surface area contributed by atoms with E-state index in [4.69, 9.17) is 0 Å². The summed E-state index contributed by atoms with van der Waals surface area (Å²) in [6, 6.07) is 12.6. The van der Waals surface area contributed by atoms with Crippen LogP contribution in [0.2, 0.25) is 0 Å². The van der Waals surface area contributed by atoms with Gasteiger partial charge in [-0.1, -0.05) is 30.3 Å². The highest BCUT2D eigenvalue weighted by atomic mass is 32.1. The first-order chi connectivity index (χ1) is 15.4. The summed E-state index contributed by atoms with van der Waals surface area (Å²) in [4.78, 5) is 37.9. The van der Waals surface area contributed by atoms with Crippen LogP contribution in [0.1, 0.15) is 40.3 Å². The van der Waals surface area contributed by atoms with Gasteiger partial charge in [-0.2, -0.15) is 0 Å². The summed E-state index contributed by atoms with van der Waals surface area (Å²) in [6.45, 7) is 4.64. The van der Waals surface area contributed by atoms with Gasteiger partial charge in [-0.25, -0.2) is 9.97 Å². The quantitative estimate of drug-likeness (QED) is 0.639. The number of aromatic nitrogens is 2. The van der Waals surface area contributed by atoms with Gasteiger partial charge in [0.1, 0.15) is 5.82 Å². The normalized spacial score (nSPS) is 18.4. The molecule has 0 aliphatic carbocycles. The first kappa shape index (κ1) is 22.1. The van der Waals surface area contributed by atoms with Crippen molar-refractivity contribution in [3.8, 4) is 10.4 Å². The Morgan fingerprint density at radius 2 is 1.97 bits per heavy atom. The van der Waals surface area contributed by atoms with E-state index in [2.05, 4.69) is 51.0 Å². The van der Waals surface area contributed by atoms with Gasteiger partial charge in [0, 0.05) is 31.2 Å². The van der Waals surface area contributed by atoms with Gasteiger partial charge >= 0.3 is 0 Å². The molecule has 1 fully saturated rings. The molecule has 4 rings (SSSR count). The Labute approximate surface area is 192 Å². The van der Waals surface area contributed by atoms with E-state index in [0.29, 0.717) is 36.6 Å². The predicted octanol–water partition coefficient (Wildman–Crippen LogP) is 4.03. The Hall–Kier alpha value is -3.06. The highest BCUT2D eigenvalue weighted by Gasteiger charge is 2.43. The van der Waals surface area contributed by atoms with Crippen LogP contribution in [0.4, 0.5) is 0 Å². The average molecular weight is 449 g/mol. The fraction of sp³-hybridized carbons (Fsp3) is 0.360. The van der Waals surface area contributed by atoms with Crippen molar-refractivity contribution in [1.82, 2.24) is 20.2 Å². The SMILES string of the molecule is CNC(=O)[C@]1(Cc2ccc(-c3cccs3)cc2)CCCN(C(=O)c2cnc(C)nc2C)C1. The third-order valence-electron chi connectivity index (χ3n) is 6.21. The van der Waals surface area contributed by atoms with Crippen LogP contribution in [0, 0.1) is 19.3 Å². The molecule has 32 heavy (non-hydrogen) atoms. The van der Waals surface area contributed by atoms with E-state index >= 15 is 0 Å². The largest absolute Gasteiger partial charge is 0.359 e. The van der Waals surface area contributed by atoms with Crippen LogP contribution in [0.25, 0.3) is 10.4 Å². The molecule has 0 unspecified atom stereocenters. The molecule has 1 saturated heterocycles. The van der Waals surface area contributed by atoms with Crippen LogP contribution in [-0.4, -0.2) is 46.8 Å². The third kappa shape index (κ3) is 4.43. The molecule has 7 heteroatoms. The standard InChI is InChI=1S/C25H28N4O2S/c1-17-21(15-27-18(2)28-17)23(30)29-12-5-11-25(16-29,24(31)26-3)14-19-7-9-20(10-8-19)22-6-4-13-32-22/h4,6-10,13,15H,5,11-12,14,16H2,1-3H3,(H,26,31)/t25-/m0/s1. The maximum atomic E-state index is 13.3. The van der Waals surface area contributed by atoms with Gasteiger partial charge in [0.2, 0.25) is 5.91 Å². The topological polar surface area (TPSA) is 75.2 Å². The molecule has 6 nitrogen and oxygen atoms in total. The molecule has 0 bridgehead atoms. The zero-order valence-corrected chi connectivity index (χ0v) is 19.5. The maximum Gasteiger partial charge on any atom is 0.257 e. The zero-order chi connectivity index (χ0) is 22.7. The second kappa shape index (κ2) is 9.20. The van der Waals surface area contributed by atoms with Crippen LogP contribution in [0.3, 0.4) is 0 Å². The van der Waals surface area contributed by atoms with Crippen molar-refractivity contribution in [3.63, 3.8) is 0 Å². The van der Waals surface area contributed by atoms with Gasteiger partial charge in [-0.3, -0.25) is 9.59 Å². The van der Waals surface area contributed by atoms with Gasteiger partial charge in [-0.05, 0) is 55.7 Å². The number of nitrogens with zero attached hydrogens (tertiary/aromatic N) is 3. The number of carbonyl (C=O) groups excluding carboxylic acids is 2. The van der Waals surface area contributed by atoms with Crippen LogP contribution < -0.4 is 5.32 Å². The molecule has 166 valence electrons. The van der Waals surface area contributed by atoms with Crippen molar-refractivity contribution >= 4 is 23.2 Å². The average Bonchev–Trinajstić information content (AvgIpc) is 3.34. The van der Waals surface area contributed by atoms with Crippen LogP contribution in [0.5, 0.6) is 0 Å². The minimum absolute atomic E-state index is 0.0192. The van der Waals surface area contributed by atoms with E-state index in [1.54, 1.807) is 29.5 Å². The lowest BCUT2D eigenvalue weighted by Crippen LogP contribution is -2.54. The molecule has 2 amide bonds. The lowest BCUT2D eigenvalue weighted by atomic mass is 9.74. The number of aryl methyl sites for hydroxylation is 2. The lowest BCUT2D eigenvalue weighted by molar-refractivity contribution is -0.133. The molecule has 0 saturated carbocycles. The highest BCUT2D eigenvalue weighted by molar-refractivity contribution is 7.13. The summed E-state index contributed by atoms with van der Waals surface area (Å²) >= 11 is 1.71. The summed E-state index contributed by atoms with van der Waals surface area (Å²) in [6.07, 6.45) is 3.70. The van der Waals surface area contributed by atoms with Crippen molar-refractivity contribution in [1.29, 1.82) is 0 Å². The van der Waals surface area contributed by atoms with E-state index in [1.165, 1.54) is 10.4 Å². The molecule has 1 aliphatic heterocycles. The molecule has 0 radical (unpaired) electrons. The Morgan fingerprint density at radius 1 is 1.19 bits per heavy atom. The molecular formula is C25H28N4O2S. The molecule has 3 aromatic rings. The number of likely N-dealkylation sites (tertiary alicyclic amines) is 1. The molecule has 1 N–H and O–H groups in total. The van der Waals surface area contributed by atoms with Crippen LogP contribution in [0.15, 0.2) is 48.0 Å². The minimum atomic E-state index is -0.660. The predicted molar refractivity (Wildman–Crippen MR) is 127 cm³/mol. The first-order valence-corrected chi connectivity index (χ1v) is 11.7. The monoisotopic (exact) mass is 448 g/mol. The summed E-state index contributed by atoms with van der Waals surface area (Å²) in [5.41, 5.74) is 2.78. The molecule has 3 heterocycles. The van der Waals surface area contributed by atoms with Gasteiger partial charge in [0.05, 0.1) is 16.7 Å². The number of carbonyl (C=O) groups is 2. The number of hydrogen-bond acceptors (Lipinski definition) is 5. The smallest absolute Gasteiger partial charge is 0.257 e. The van der Waals surface area contributed by atoms with Crippen LogP contribution in [-0.2, 0) is 11.2 Å². The maximum absolute atomic E-state index is 13.3. The molecule has 0 spiro atoms. The summed E-state index contributed by atoms with van der Waals surface area (Å²) in [5, 5.41) is 4.92.